The lowest BCUT2D eigenvalue weighted by Crippen LogP contribution is -2.32. The number of anilines is 1. The number of amides is 1. The summed E-state index contributed by atoms with van der Waals surface area (Å²) in [6.45, 7) is 2.54. The molecule has 2 aromatic heterocycles. The van der Waals surface area contributed by atoms with Gasteiger partial charge in [0.05, 0.1) is 17.8 Å². The number of thiophene rings is 1. The fraction of sp³-hybridized carbons (Fsp3) is 0.227. The Kier molecular flexibility index (Phi) is 6.06. The highest BCUT2D eigenvalue weighted by Gasteiger charge is 2.40. The smallest absolute Gasteiger partial charge is 0.226 e. The standard InChI is InChI=1S/C22H21FN4OS2/c1-14-5-10-18(30-14)21-20(17-4-2-3-12-24-17)26-22(29)27(21)13-11-19(28)25-16-8-6-15(23)7-9-16/h2-10,12,20-21H,11,13H2,1H3,(H,25,28)(H,26,29)/t20-,21+/m0/s1. The van der Waals surface area contributed by atoms with E-state index in [2.05, 4.69) is 39.6 Å². The average Bonchev–Trinajstić information content (AvgIpc) is 3.31. The van der Waals surface area contributed by atoms with Gasteiger partial charge in [0.1, 0.15) is 5.82 Å². The molecule has 0 saturated carbocycles. The third-order valence-electron chi connectivity index (χ3n) is 4.96. The first-order valence-corrected chi connectivity index (χ1v) is 10.8. The second-order valence-corrected chi connectivity index (χ2v) is 8.78. The normalized spacial score (nSPS) is 18.3. The number of hydrogen-bond acceptors (Lipinski definition) is 4. The zero-order valence-corrected chi connectivity index (χ0v) is 18.0. The molecule has 30 heavy (non-hydrogen) atoms. The molecule has 1 aliphatic heterocycles. The summed E-state index contributed by atoms with van der Waals surface area (Å²) in [6, 6.07) is 15.6. The third-order valence-corrected chi connectivity index (χ3v) is 6.38. The van der Waals surface area contributed by atoms with Gasteiger partial charge in [-0.15, -0.1) is 11.3 Å². The Morgan fingerprint density at radius 1 is 1.23 bits per heavy atom. The molecule has 4 rings (SSSR count). The van der Waals surface area contributed by atoms with Gasteiger partial charge in [0.25, 0.3) is 0 Å². The molecule has 0 radical (unpaired) electrons. The van der Waals surface area contributed by atoms with Gasteiger partial charge in [0, 0.05) is 34.6 Å². The second-order valence-electron chi connectivity index (χ2n) is 7.07. The van der Waals surface area contributed by atoms with Crippen LogP contribution in [0, 0.1) is 12.7 Å². The van der Waals surface area contributed by atoms with E-state index in [1.165, 1.54) is 21.9 Å². The van der Waals surface area contributed by atoms with E-state index in [4.69, 9.17) is 12.2 Å². The fourth-order valence-electron chi connectivity index (χ4n) is 3.55. The maximum Gasteiger partial charge on any atom is 0.226 e. The van der Waals surface area contributed by atoms with Crippen molar-refractivity contribution in [2.75, 3.05) is 11.9 Å². The molecule has 1 aromatic carbocycles. The first-order chi connectivity index (χ1) is 14.5. The van der Waals surface area contributed by atoms with Crippen molar-refractivity contribution in [1.82, 2.24) is 15.2 Å². The molecule has 5 nitrogen and oxygen atoms in total. The van der Waals surface area contributed by atoms with Crippen LogP contribution in [0.5, 0.6) is 0 Å². The highest BCUT2D eigenvalue weighted by molar-refractivity contribution is 7.80. The Morgan fingerprint density at radius 2 is 2.03 bits per heavy atom. The number of nitrogens with one attached hydrogen (secondary N) is 2. The summed E-state index contributed by atoms with van der Waals surface area (Å²) in [7, 11) is 0. The summed E-state index contributed by atoms with van der Waals surface area (Å²) in [5.74, 6) is -0.483. The van der Waals surface area contributed by atoms with Crippen molar-refractivity contribution in [2.24, 2.45) is 0 Å². The summed E-state index contributed by atoms with van der Waals surface area (Å²) < 4.78 is 13.1. The quantitative estimate of drug-likeness (QED) is 0.549. The zero-order valence-electron chi connectivity index (χ0n) is 16.3. The minimum absolute atomic E-state index is 0.0373. The summed E-state index contributed by atoms with van der Waals surface area (Å²) >= 11 is 7.34. The Labute approximate surface area is 183 Å². The molecule has 2 atom stereocenters. The number of aryl methyl sites for hydroxylation is 1. The third kappa shape index (κ3) is 4.49. The molecule has 8 heteroatoms. The first kappa shape index (κ1) is 20.4. The lowest BCUT2D eigenvalue weighted by molar-refractivity contribution is -0.116. The van der Waals surface area contributed by atoms with Gasteiger partial charge in [-0.3, -0.25) is 9.78 Å². The van der Waals surface area contributed by atoms with Crippen LogP contribution in [-0.2, 0) is 4.79 Å². The molecule has 1 fully saturated rings. The topological polar surface area (TPSA) is 57.3 Å². The van der Waals surface area contributed by atoms with Gasteiger partial charge in [-0.2, -0.15) is 0 Å². The molecule has 3 heterocycles. The monoisotopic (exact) mass is 440 g/mol. The molecule has 1 amide bonds. The Hall–Kier alpha value is -2.84. The first-order valence-electron chi connectivity index (χ1n) is 9.61. The van der Waals surface area contributed by atoms with Crippen molar-refractivity contribution < 1.29 is 9.18 Å². The molecule has 154 valence electrons. The number of carbonyl (C=O) groups excluding carboxylic acids is 1. The average molecular weight is 441 g/mol. The number of benzene rings is 1. The van der Waals surface area contributed by atoms with Crippen molar-refractivity contribution in [3.63, 3.8) is 0 Å². The predicted octanol–water partition coefficient (Wildman–Crippen LogP) is 4.59. The van der Waals surface area contributed by atoms with Gasteiger partial charge in [-0.25, -0.2) is 4.39 Å². The van der Waals surface area contributed by atoms with E-state index in [1.54, 1.807) is 29.7 Å². The van der Waals surface area contributed by atoms with E-state index in [9.17, 15) is 9.18 Å². The van der Waals surface area contributed by atoms with Crippen LogP contribution < -0.4 is 10.6 Å². The number of rotatable bonds is 6. The predicted molar refractivity (Wildman–Crippen MR) is 121 cm³/mol. The maximum absolute atomic E-state index is 13.1. The van der Waals surface area contributed by atoms with Crippen molar-refractivity contribution in [3.8, 4) is 0 Å². The van der Waals surface area contributed by atoms with Crippen molar-refractivity contribution >= 4 is 40.3 Å². The molecule has 0 unspecified atom stereocenters. The SMILES string of the molecule is Cc1ccc([C@@H]2[C@H](c3ccccn3)NC(=S)N2CCC(=O)Nc2ccc(F)cc2)s1. The largest absolute Gasteiger partial charge is 0.352 e. The van der Waals surface area contributed by atoms with Crippen molar-refractivity contribution in [2.45, 2.75) is 25.4 Å². The summed E-state index contributed by atoms with van der Waals surface area (Å²) in [4.78, 5) is 21.4. The van der Waals surface area contributed by atoms with E-state index >= 15 is 0 Å². The van der Waals surface area contributed by atoms with Gasteiger partial charge in [0.2, 0.25) is 5.91 Å². The molecule has 1 aliphatic rings. The van der Waals surface area contributed by atoms with Crippen LogP contribution in [0.1, 0.15) is 34.0 Å². The molecule has 3 aromatic rings. The van der Waals surface area contributed by atoms with Crippen LogP contribution in [0.25, 0.3) is 0 Å². The van der Waals surface area contributed by atoms with Gasteiger partial charge < -0.3 is 15.5 Å². The lowest BCUT2D eigenvalue weighted by atomic mass is 10.0. The number of pyridine rings is 1. The number of halogens is 1. The number of thiocarbonyl (C=S) groups is 1. The second kappa shape index (κ2) is 8.89. The molecular formula is C22H21FN4OS2. The van der Waals surface area contributed by atoms with Crippen LogP contribution in [0.15, 0.2) is 60.8 Å². The molecule has 0 spiro atoms. The van der Waals surface area contributed by atoms with Crippen molar-refractivity contribution in [3.05, 3.63) is 82.1 Å². The van der Waals surface area contributed by atoms with E-state index in [0.717, 1.165) is 5.69 Å². The van der Waals surface area contributed by atoms with Crippen LogP contribution in [0.2, 0.25) is 0 Å². The zero-order chi connectivity index (χ0) is 21.1. The van der Waals surface area contributed by atoms with Gasteiger partial charge in [0.15, 0.2) is 5.11 Å². The minimum atomic E-state index is -0.337. The fourth-order valence-corrected chi connectivity index (χ4v) is 4.91. The summed E-state index contributed by atoms with van der Waals surface area (Å²) in [5, 5.41) is 6.80. The van der Waals surface area contributed by atoms with E-state index in [-0.39, 0.29) is 30.2 Å². The van der Waals surface area contributed by atoms with Crippen LogP contribution in [0.4, 0.5) is 10.1 Å². The molecule has 2 N–H and O–H groups in total. The number of aromatic nitrogens is 1. The molecule has 1 saturated heterocycles. The Balaban J connectivity index is 1.51. The van der Waals surface area contributed by atoms with E-state index < -0.39 is 0 Å². The number of nitrogens with zero attached hydrogens (tertiary/aromatic N) is 2. The molecular weight excluding hydrogens is 419 g/mol. The van der Waals surface area contributed by atoms with E-state index in [1.807, 2.05) is 18.2 Å². The van der Waals surface area contributed by atoms with Gasteiger partial charge in [-0.05, 0) is 67.7 Å². The van der Waals surface area contributed by atoms with Crippen LogP contribution in [-0.4, -0.2) is 27.4 Å². The van der Waals surface area contributed by atoms with Crippen LogP contribution in [0.3, 0.4) is 0 Å². The van der Waals surface area contributed by atoms with Crippen LogP contribution >= 0.6 is 23.6 Å². The minimum Gasteiger partial charge on any atom is -0.352 e. The molecule has 0 aliphatic carbocycles. The summed E-state index contributed by atoms with van der Waals surface area (Å²) in [5.41, 5.74) is 1.48. The highest BCUT2D eigenvalue weighted by Crippen LogP contribution is 2.41. The van der Waals surface area contributed by atoms with E-state index in [0.29, 0.717) is 17.3 Å². The van der Waals surface area contributed by atoms with Crippen molar-refractivity contribution in [1.29, 1.82) is 0 Å². The molecule has 0 bridgehead atoms. The highest BCUT2D eigenvalue weighted by atomic mass is 32.1. The number of carbonyl (C=O) groups is 1. The number of hydrogen-bond donors (Lipinski definition) is 2. The Morgan fingerprint density at radius 3 is 2.70 bits per heavy atom. The summed E-state index contributed by atoms with van der Waals surface area (Å²) in [6.07, 6.45) is 2.03. The lowest BCUT2D eigenvalue weighted by Gasteiger charge is -2.26. The van der Waals surface area contributed by atoms with Gasteiger partial charge >= 0.3 is 0 Å². The van der Waals surface area contributed by atoms with Gasteiger partial charge in [-0.1, -0.05) is 6.07 Å². The Bertz CT molecular complexity index is 1040. The maximum atomic E-state index is 13.1.